The smallest absolute Gasteiger partial charge is 0.167 e. The Morgan fingerprint density at radius 1 is 1.38 bits per heavy atom. The molecule has 0 heterocycles. The normalized spacial score (nSPS) is 10.4. The molecule has 0 fully saturated rings. The van der Waals surface area contributed by atoms with E-state index in [1.54, 1.807) is 0 Å². The first-order chi connectivity index (χ1) is 3.81. The van der Waals surface area contributed by atoms with Crippen molar-refractivity contribution in [1.29, 1.82) is 0 Å². The zero-order valence-electron chi connectivity index (χ0n) is 5.23. The van der Waals surface area contributed by atoms with Crippen LogP contribution in [0.5, 0.6) is 0 Å². The van der Waals surface area contributed by atoms with Gasteiger partial charge in [-0.05, 0) is 0 Å². The average molecular weight is 140 g/mol. The first-order valence-corrected chi connectivity index (χ1v) is 3.85. The average Bonchev–Trinajstić information content (AvgIpc) is 1.68. The molecular weight excluding hydrogens is 124 g/mol. The van der Waals surface area contributed by atoms with E-state index in [0.29, 0.717) is 0 Å². The van der Waals surface area contributed by atoms with Crippen LogP contribution in [0.15, 0.2) is 0 Å². The Labute approximate surface area is 55.5 Å². The van der Waals surface area contributed by atoms with Crippen LogP contribution in [-0.2, 0) is 11.2 Å². The molecule has 0 atom stereocenters. The van der Waals surface area contributed by atoms with Crippen LogP contribution in [0.1, 0.15) is 16.7 Å². The highest BCUT2D eigenvalue weighted by Gasteiger charge is 1.88. The van der Waals surface area contributed by atoms with E-state index in [0.717, 1.165) is 13.1 Å². The van der Waals surface area contributed by atoms with Gasteiger partial charge in [0.25, 0.3) is 0 Å². The lowest BCUT2D eigenvalue weighted by Gasteiger charge is -1.98. The summed E-state index contributed by atoms with van der Waals surface area (Å²) < 4.78 is 15.9. The molecule has 0 bridgehead atoms. The fourth-order valence-corrected chi connectivity index (χ4v) is 0.940. The van der Waals surface area contributed by atoms with E-state index in [1.165, 1.54) is 0 Å². The Morgan fingerprint density at radius 2 is 1.75 bits per heavy atom. The standard InChI is InChI=1S/C4H12N2OS.2H2/c1-3-5-8(7)6-4-2;;/h5-6H,3-4H2,1-2H3;2*1H. The maximum Gasteiger partial charge on any atom is 0.167 e. The SMILES string of the molecule is CCNS(=O)NCC.[HH].[HH]. The minimum absolute atomic E-state index is 0. The summed E-state index contributed by atoms with van der Waals surface area (Å²) in [4.78, 5) is 0. The molecule has 0 aliphatic carbocycles. The van der Waals surface area contributed by atoms with Gasteiger partial charge in [-0.25, -0.2) is 13.7 Å². The highest BCUT2D eigenvalue weighted by atomic mass is 32.2. The maximum atomic E-state index is 10.5. The van der Waals surface area contributed by atoms with E-state index in [2.05, 4.69) is 9.44 Å². The molecule has 0 aromatic carbocycles. The first kappa shape index (κ1) is 8.07. The van der Waals surface area contributed by atoms with Crippen LogP contribution in [0.2, 0.25) is 0 Å². The van der Waals surface area contributed by atoms with Gasteiger partial charge in [0.2, 0.25) is 0 Å². The minimum atomic E-state index is -1.02. The first-order valence-electron chi connectivity index (χ1n) is 2.70. The minimum Gasteiger partial charge on any atom is -0.225 e. The third kappa shape index (κ3) is 4.23. The molecule has 0 aromatic rings. The highest BCUT2D eigenvalue weighted by Crippen LogP contribution is 1.63. The van der Waals surface area contributed by atoms with Crippen molar-refractivity contribution in [3.05, 3.63) is 0 Å². The molecule has 0 aromatic heterocycles. The summed E-state index contributed by atoms with van der Waals surface area (Å²) >= 11 is -1.02. The number of hydrogen-bond acceptors (Lipinski definition) is 1. The summed E-state index contributed by atoms with van der Waals surface area (Å²) in [6, 6.07) is 0. The third-order valence-corrected chi connectivity index (χ3v) is 1.65. The van der Waals surface area contributed by atoms with Crippen molar-refractivity contribution >= 4 is 11.2 Å². The molecule has 4 heteroatoms. The van der Waals surface area contributed by atoms with E-state index >= 15 is 0 Å². The molecule has 3 nitrogen and oxygen atoms in total. The molecule has 54 valence electrons. The summed E-state index contributed by atoms with van der Waals surface area (Å²) in [5.74, 6) is 0. The van der Waals surface area contributed by atoms with Crippen LogP contribution in [0, 0.1) is 0 Å². The Hall–Kier alpha value is 0.0700. The van der Waals surface area contributed by atoms with Crippen LogP contribution < -0.4 is 9.44 Å². The van der Waals surface area contributed by atoms with Gasteiger partial charge in [0, 0.05) is 15.9 Å². The summed E-state index contributed by atoms with van der Waals surface area (Å²) in [7, 11) is 0. The number of rotatable bonds is 4. The van der Waals surface area contributed by atoms with Crippen LogP contribution in [0.3, 0.4) is 0 Å². The maximum absolute atomic E-state index is 10.5. The Kier molecular flexibility index (Phi) is 5.26. The van der Waals surface area contributed by atoms with E-state index in [9.17, 15) is 4.21 Å². The van der Waals surface area contributed by atoms with E-state index in [4.69, 9.17) is 0 Å². The molecule has 0 radical (unpaired) electrons. The molecule has 0 aliphatic heterocycles. The molecule has 0 saturated carbocycles. The van der Waals surface area contributed by atoms with Crippen LogP contribution in [0.4, 0.5) is 0 Å². The lowest BCUT2D eigenvalue weighted by atomic mass is 10.8. The predicted molar refractivity (Wildman–Crippen MR) is 39.7 cm³/mol. The van der Waals surface area contributed by atoms with Crippen molar-refractivity contribution < 1.29 is 7.06 Å². The topological polar surface area (TPSA) is 41.1 Å². The van der Waals surface area contributed by atoms with Gasteiger partial charge in [-0.2, -0.15) is 0 Å². The van der Waals surface area contributed by atoms with Gasteiger partial charge in [0.05, 0.1) is 0 Å². The van der Waals surface area contributed by atoms with Gasteiger partial charge in [0.1, 0.15) is 0 Å². The quantitative estimate of drug-likeness (QED) is 0.578. The molecular formula is C4H16N2OS. The van der Waals surface area contributed by atoms with Gasteiger partial charge in [-0.1, -0.05) is 13.8 Å². The zero-order chi connectivity index (χ0) is 6.41. The van der Waals surface area contributed by atoms with Gasteiger partial charge in [-0.3, -0.25) is 0 Å². The van der Waals surface area contributed by atoms with Crippen molar-refractivity contribution in [3.8, 4) is 0 Å². The second-order valence-corrected chi connectivity index (χ2v) is 2.38. The summed E-state index contributed by atoms with van der Waals surface area (Å²) in [5, 5.41) is 0. The van der Waals surface area contributed by atoms with Crippen molar-refractivity contribution in [2.75, 3.05) is 13.1 Å². The molecule has 8 heavy (non-hydrogen) atoms. The zero-order valence-corrected chi connectivity index (χ0v) is 6.05. The van der Waals surface area contributed by atoms with Crippen LogP contribution in [-0.4, -0.2) is 17.3 Å². The number of nitrogens with one attached hydrogen (secondary N) is 2. The second-order valence-electron chi connectivity index (χ2n) is 1.26. The summed E-state index contributed by atoms with van der Waals surface area (Å²) in [6.07, 6.45) is 0. The molecule has 0 aliphatic rings. The Morgan fingerprint density at radius 3 is 2.00 bits per heavy atom. The third-order valence-electron chi connectivity index (χ3n) is 0.551. The molecule has 0 spiro atoms. The van der Waals surface area contributed by atoms with Crippen molar-refractivity contribution in [3.63, 3.8) is 0 Å². The largest absolute Gasteiger partial charge is 0.225 e. The number of hydrogen-bond donors (Lipinski definition) is 2. The second kappa shape index (κ2) is 5.21. The Bertz CT molecular complexity index is 75.7. The molecule has 0 unspecified atom stereocenters. The van der Waals surface area contributed by atoms with Crippen LogP contribution >= 0.6 is 0 Å². The van der Waals surface area contributed by atoms with Crippen molar-refractivity contribution in [1.82, 2.24) is 9.44 Å². The van der Waals surface area contributed by atoms with Gasteiger partial charge < -0.3 is 0 Å². The molecule has 0 amide bonds. The fraction of sp³-hybridized carbons (Fsp3) is 1.00. The van der Waals surface area contributed by atoms with E-state index in [-0.39, 0.29) is 2.85 Å². The summed E-state index contributed by atoms with van der Waals surface area (Å²) in [6.45, 7) is 5.30. The monoisotopic (exact) mass is 140 g/mol. The van der Waals surface area contributed by atoms with Crippen molar-refractivity contribution in [2.45, 2.75) is 13.8 Å². The van der Waals surface area contributed by atoms with Gasteiger partial charge in [0.15, 0.2) is 11.2 Å². The van der Waals surface area contributed by atoms with Gasteiger partial charge in [-0.15, -0.1) is 0 Å². The van der Waals surface area contributed by atoms with Crippen LogP contribution in [0.25, 0.3) is 0 Å². The van der Waals surface area contributed by atoms with E-state index < -0.39 is 11.2 Å². The lowest BCUT2D eigenvalue weighted by Crippen LogP contribution is -2.29. The fourth-order valence-electron chi connectivity index (χ4n) is 0.313. The molecule has 0 saturated heterocycles. The van der Waals surface area contributed by atoms with E-state index in [1.807, 2.05) is 13.8 Å². The lowest BCUT2D eigenvalue weighted by molar-refractivity contribution is 0.664. The molecule has 0 rings (SSSR count). The van der Waals surface area contributed by atoms with Crippen molar-refractivity contribution in [2.24, 2.45) is 0 Å². The Balaban J connectivity index is -0.000000245. The predicted octanol–water partition coefficient (Wildman–Crippen LogP) is 0.276. The summed E-state index contributed by atoms with van der Waals surface area (Å²) in [5.41, 5.74) is 0. The van der Waals surface area contributed by atoms with Gasteiger partial charge >= 0.3 is 0 Å². The molecule has 2 N–H and O–H groups in total. The highest BCUT2D eigenvalue weighted by molar-refractivity contribution is 7.81.